The molecule has 0 saturated carbocycles. The van der Waals surface area contributed by atoms with Gasteiger partial charge in [-0.05, 0) is 25.7 Å². The van der Waals surface area contributed by atoms with Gasteiger partial charge in [0.25, 0.3) is 0 Å². The van der Waals surface area contributed by atoms with E-state index in [1.807, 2.05) is 0 Å². The Morgan fingerprint density at radius 3 is 0.778 bits per heavy atom. The minimum absolute atomic E-state index is 0.638. The van der Waals surface area contributed by atoms with Crippen molar-refractivity contribution in [3.05, 3.63) is 12.4 Å². The molecular formula is C43H86N2. The maximum Gasteiger partial charge on any atom is 0.101 e. The Kier molecular flexibility index (Phi) is 32.6. The van der Waals surface area contributed by atoms with Crippen molar-refractivity contribution in [2.75, 3.05) is 13.1 Å². The Labute approximate surface area is 286 Å². The van der Waals surface area contributed by atoms with Gasteiger partial charge in [-0.2, -0.15) is 0 Å². The van der Waals surface area contributed by atoms with E-state index in [2.05, 4.69) is 43.0 Å². The summed E-state index contributed by atoms with van der Waals surface area (Å²) >= 11 is 0. The van der Waals surface area contributed by atoms with Crippen LogP contribution in [-0.4, -0.2) is 29.1 Å². The lowest BCUT2D eigenvalue weighted by Gasteiger charge is -2.33. The molecule has 0 aromatic rings. The van der Waals surface area contributed by atoms with Crippen LogP contribution in [0.2, 0.25) is 0 Å². The molecule has 2 nitrogen and oxygen atoms in total. The highest BCUT2D eigenvalue weighted by Crippen LogP contribution is 2.24. The van der Waals surface area contributed by atoms with Crippen LogP contribution in [0.1, 0.15) is 245 Å². The largest absolute Gasteiger partial charge is 0.356 e. The number of hydrogen-bond donors (Lipinski definition) is 0. The summed E-state index contributed by atoms with van der Waals surface area (Å²) in [5.41, 5.74) is 0. The maximum absolute atomic E-state index is 2.73. The molecule has 0 N–H and O–H groups in total. The number of hydrogen-bond acceptors (Lipinski definition) is 2. The van der Waals surface area contributed by atoms with Crippen molar-refractivity contribution in [1.82, 2.24) is 9.80 Å². The molecule has 2 heteroatoms. The van der Waals surface area contributed by atoms with Gasteiger partial charge in [-0.25, -0.2) is 0 Å². The number of nitrogens with zero attached hydrogens (tertiary/aromatic N) is 2. The third-order valence-electron chi connectivity index (χ3n) is 10.6. The third kappa shape index (κ3) is 27.0. The molecule has 268 valence electrons. The fourth-order valence-corrected chi connectivity index (χ4v) is 7.42. The summed E-state index contributed by atoms with van der Waals surface area (Å²) in [7, 11) is 0. The van der Waals surface area contributed by atoms with Crippen LogP contribution in [0.25, 0.3) is 0 Å². The van der Waals surface area contributed by atoms with Crippen molar-refractivity contribution < 1.29 is 0 Å². The molecule has 1 aliphatic rings. The van der Waals surface area contributed by atoms with E-state index in [4.69, 9.17) is 0 Å². The molecular weight excluding hydrogens is 544 g/mol. The molecule has 0 atom stereocenters. The van der Waals surface area contributed by atoms with Crippen LogP contribution in [0, 0.1) is 0 Å². The second-order valence-electron chi connectivity index (χ2n) is 15.0. The van der Waals surface area contributed by atoms with E-state index in [-0.39, 0.29) is 0 Å². The standard InChI is InChI=1S/C43H86N2/c1-4-7-10-13-16-19-22-23-24-25-26-29-32-35-38-43-44(39-36-33-30-27-20-17-14-11-8-5-2)41-42-45(43)40-37-34-31-28-21-18-15-12-9-6-3/h41-43H,4-40H2,1-3H3. The Morgan fingerprint density at radius 1 is 0.289 bits per heavy atom. The lowest BCUT2D eigenvalue weighted by molar-refractivity contribution is 0.135. The first-order valence-corrected chi connectivity index (χ1v) is 21.5. The normalized spacial score (nSPS) is 13.6. The molecule has 0 radical (unpaired) electrons. The fourth-order valence-electron chi connectivity index (χ4n) is 7.42. The van der Waals surface area contributed by atoms with Crippen LogP contribution in [0.5, 0.6) is 0 Å². The molecule has 0 bridgehead atoms. The van der Waals surface area contributed by atoms with E-state index >= 15 is 0 Å². The predicted molar refractivity (Wildman–Crippen MR) is 205 cm³/mol. The molecule has 1 rings (SSSR count). The van der Waals surface area contributed by atoms with Crippen molar-refractivity contribution in [3.63, 3.8) is 0 Å². The van der Waals surface area contributed by atoms with Crippen molar-refractivity contribution in [3.8, 4) is 0 Å². The average molecular weight is 631 g/mol. The minimum Gasteiger partial charge on any atom is -0.356 e. The van der Waals surface area contributed by atoms with Crippen LogP contribution in [0.4, 0.5) is 0 Å². The van der Waals surface area contributed by atoms with E-state index in [1.165, 1.54) is 238 Å². The minimum atomic E-state index is 0.638. The molecule has 1 aliphatic heterocycles. The van der Waals surface area contributed by atoms with Crippen LogP contribution in [0.3, 0.4) is 0 Å². The predicted octanol–water partition coefficient (Wildman–Crippen LogP) is 15.1. The SMILES string of the molecule is CCCCCCCCCCCCCCCCC1N(CCCCCCCCCCCC)C=CN1CCCCCCCCCCCC. The highest BCUT2D eigenvalue weighted by atomic mass is 15.4. The van der Waals surface area contributed by atoms with E-state index in [9.17, 15) is 0 Å². The highest BCUT2D eigenvalue weighted by molar-refractivity contribution is 4.97. The molecule has 0 aliphatic carbocycles. The number of rotatable bonds is 37. The van der Waals surface area contributed by atoms with E-state index in [1.54, 1.807) is 0 Å². The van der Waals surface area contributed by atoms with Gasteiger partial charge in [-0.1, -0.05) is 220 Å². The summed E-state index contributed by atoms with van der Waals surface area (Å²) in [6.45, 7) is 9.49. The summed E-state index contributed by atoms with van der Waals surface area (Å²) in [4.78, 5) is 5.45. The molecule has 0 fully saturated rings. The van der Waals surface area contributed by atoms with Crippen molar-refractivity contribution in [2.24, 2.45) is 0 Å². The van der Waals surface area contributed by atoms with Crippen LogP contribution >= 0.6 is 0 Å². The van der Waals surface area contributed by atoms with Gasteiger partial charge < -0.3 is 9.80 Å². The zero-order valence-corrected chi connectivity index (χ0v) is 31.8. The molecule has 0 amide bonds. The summed E-state index contributed by atoms with van der Waals surface area (Å²) in [5.74, 6) is 0. The maximum atomic E-state index is 2.73. The van der Waals surface area contributed by atoms with Crippen molar-refractivity contribution in [1.29, 1.82) is 0 Å². The van der Waals surface area contributed by atoms with Crippen molar-refractivity contribution in [2.45, 2.75) is 252 Å². The van der Waals surface area contributed by atoms with Gasteiger partial charge in [-0.15, -0.1) is 0 Å². The zero-order valence-electron chi connectivity index (χ0n) is 31.8. The van der Waals surface area contributed by atoms with Gasteiger partial charge in [0.05, 0.1) is 0 Å². The van der Waals surface area contributed by atoms with Gasteiger partial charge in [0.15, 0.2) is 0 Å². The van der Waals surface area contributed by atoms with Gasteiger partial charge >= 0.3 is 0 Å². The molecule has 1 heterocycles. The van der Waals surface area contributed by atoms with Gasteiger partial charge in [0, 0.05) is 25.5 Å². The molecule has 0 aromatic heterocycles. The van der Waals surface area contributed by atoms with Crippen LogP contribution < -0.4 is 0 Å². The van der Waals surface area contributed by atoms with E-state index in [0.717, 1.165) is 0 Å². The lowest BCUT2D eigenvalue weighted by atomic mass is 10.0. The van der Waals surface area contributed by atoms with Crippen LogP contribution in [-0.2, 0) is 0 Å². The van der Waals surface area contributed by atoms with Crippen molar-refractivity contribution >= 4 is 0 Å². The zero-order chi connectivity index (χ0) is 32.3. The quantitative estimate of drug-likeness (QED) is 0.0630. The van der Waals surface area contributed by atoms with Gasteiger partial charge in [0.1, 0.15) is 6.17 Å². The Balaban J connectivity index is 2.21. The molecule has 0 saturated heterocycles. The first kappa shape index (κ1) is 42.4. The smallest absolute Gasteiger partial charge is 0.101 e. The highest BCUT2D eigenvalue weighted by Gasteiger charge is 2.24. The second kappa shape index (κ2) is 34.7. The van der Waals surface area contributed by atoms with Gasteiger partial charge in [0.2, 0.25) is 0 Å². The molecule has 0 unspecified atom stereocenters. The monoisotopic (exact) mass is 631 g/mol. The van der Waals surface area contributed by atoms with Crippen LogP contribution in [0.15, 0.2) is 12.4 Å². The van der Waals surface area contributed by atoms with Gasteiger partial charge in [-0.3, -0.25) is 0 Å². The second-order valence-corrected chi connectivity index (χ2v) is 15.0. The Morgan fingerprint density at radius 2 is 0.511 bits per heavy atom. The average Bonchev–Trinajstić information content (AvgIpc) is 3.43. The topological polar surface area (TPSA) is 6.48 Å². The summed E-state index contributed by atoms with van der Waals surface area (Å²) < 4.78 is 0. The summed E-state index contributed by atoms with van der Waals surface area (Å²) in [6, 6.07) is 0. The lowest BCUT2D eigenvalue weighted by Crippen LogP contribution is -2.39. The molecule has 45 heavy (non-hydrogen) atoms. The Hall–Kier alpha value is -0.660. The summed E-state index contributed by atoms with van der Waals surface area (Å²) in [5, 5.41) is 0. The number of unbranched alkanes of at least 4 members (excludes halogenated alkanes) is 31. The third-order valence-corrected chi connectivity index (χ3v) is 10.6. The summed E-state index contributed by atoms with van der Waals surface area (Å²) in [6.07, 6.45) is 55.9. The Bertz CT molecular complexity index is 552. The first-order valence-electron chi connectivity index (χ1n) is 21.5. The van der Waals surface area contributed by atoms with E-state index in [0.29, 0.717) is 6.17 Å². The fraction of sp³-hybridized carbons (Fsp3) is 0.953. The van der Waals surface area contributed by atoms with E-state index < -0.39 is 0 Å². The first-order chi connectivity index (χ1) is 22.3. The molecule has 0 spiro atoms. The molecule has 0 aromatic carbocycles.